The van der Waals surface area contributed by atoms with Crippen molar-refractivity contribution in [1.82, 2.24) is 5.32 Å². The van der Waals surface area contributed by atoms with Gasteiger partial charge in [0.1, 0.15) is 11.6 Å². The van der Waals surface area contributed by atoms with Gasteiger partial charge in [0.15, 0.2) is 0 Å². The average molecular weight is 296 g/mol. The molecule has 0 aliphatic heterocycles. The van der Waals surface area contributed by atoms with Crippen LogP contribution in [0.25, 0.3) is 0 Å². The lowest BCUT2D eigenvalue weighted by molar-refractivity contribution is 0.540. The molecule has 0 spiro atoms. The third-order valence-electron chi connectivity index (χ3n) is 3.16. The molecule has 0 saturated carbocycles. The van der Waals surface area contributed by atoms with Gasteiger partial charge in [-0.2, -0.15) is 0 Å². The predicted octanol–water partition coefficient (Wildman–Crippen LogP) is 4.51. The van der Waals surface area contributed by atoms with E-state index in [9.17, 15) is 8.78 Å². The third kappa shape index (κ3) is 3.56. The molecule has 20 heavy (non-hydrogen) atoms. The fourth-order valence-electron chi connectivity index (χ4n) is 2.20. The maximum Gasteiger partial charge on any atom is 0.142 e. The molecule has 0 aromatic heterocycles. The highest BCUT2D eigenvalue weighted by atomic mass is 35.5. The standard InChI is InChI=1S/C16H16ClF2N/c1-2-20-15(11-5-3-7-13(18)9-11)10-12-6-4-8-14(19)16(12)17/h3-9,15,20H,2,10H2,1H3. The van der Waals surface area contributed by atoms with Crippen molar-refractivity contribution >= 4 is 11.6 Å². The van der Waals surface area contributed by atoms with E-state index in [0.29, 0.717) is 12.0 Å². The molecule has 2 aromatic carbocycles. The van der Waals surface area contributed by atoms with E-state index in [1.165, 1.54) is 18.2 Å². The monoisotopic (exact) mass is 295 g/mol. The third-order valence-corrected chi connectivity index (χ3v) is 3.58. The smallest absolute Gasteiger partial charge is 0.142 e. The minimum atomic E-state index is -0.432. The topological polar surface area (TPSA) is 12.0 Å². The molecule has 2 aromatic rings. The summed E-state index contributed by atoms with van der Waals surface area (Å²) < 4.78 is 26.8. The van der Waals surface area contributed by atoms with E-state index in [-0.39, 0.29) is 16.9 Å². The number of rotatable bonds is 5. The van der Waals surface area contributed by atoms with Crippen LogP contribution in [0, 0.1) is 11.6 Å². The van der Waals surface area contributed by atoms with Crippen molar-refractivity contribution in [3.8, 4) is 0 Å². The Kier molecular flexibility index (Phi) is 5.10. The molecule has 1 unspecified atom stereocenters. The quantitative estimate of drug-likeness (QED) is 0.855. The summed E-state index contributed by atoms with van der Waals surface area (Å²) in [5.41, 5.74) is 1.54. The highest BCUT2D eigenvalue weighted by molar-refractivity contribution is 6.31. The maximum absolute atomic E-state index is 13.5. The van der Waals surface area contributed by atoms with Gasteiger partial charge in [-0.05, 0) is 42.3 Å². The summed E-state index contributed by atoms with van der Waals surface area (Å²) in [6, 6.07) is 11.1. The molecule has 106 valence electrons. The van der Waals surface area contributed by atoms with Crippen molar-refractivity contribution < 1.29 is 8.78 Å². The van der Waals surface area contributed by atoms with Crippen LogP contribution in [-0.4, -0.2) is 6.54 Å². The summed E-state index contributed by atoms with van der Waals surface area (Å²) in [6.07, 6.45) is 0.508. The number of likely N-dealkylation sites (N-methyl/N-ethyl adjacent to an activating group) is 1. The molecule has 0 fully saturated rings. The molecule has 0 saturated heterocycles. The van der Waals surface area contributed by atoms with Crippen LogP contribution >= 0.6 is 11.6 Å². The van der Waals surface area contributed by atoms with E-state index in [1.54, 1.807) is 18.2 Å². The molecule has 4 heteroatoms. The zero-order valence-electron chi connectivity index (χ0n) is 11.2. The summed E-state index contributed by atoms with van der Waals surface area (Å²) in [5.74, 6) is -0.714. The van der Waals surface area contributed by atoms with E-state index in [1.807, 2.05) is 13.0 Å². The Labute approximate surface area is 122 Å². The van der Waals surface area contributed by atoms with E-state index in [4.69, 9.17) is 11.6 Å². The van der Waals surface area contributed by atoms with E-state index in [0.717, 1.165) is 12.1 Å². The van der Waals surface area contributed by atoms with Crippen LogP contribution in [0.1, 0.15) is 24.1 Å². The van der Waals surface area contributed by atoms with Crippen LogP contribution in [0.2, 0.25) is 5.02 Å². The Morgan fingerprint density at radius 1 is 1.15 bits per heavy atom. The molecule has 0 aliphatic rings. The normalized spacial score (nSPS) is 12.4. The van der Waals surface area contributed by atoms with Crippen molar-refractivity contribution in [2.24, 2.45) is 0 Å². The highest BCUT2D eigenvalue weighted by Gasteiger charge is 2.15. The first-order chi connectivity index (χ1) is 9.61. The lowest BCUT2D eigenvalue weighted by Gasteiger charge is -2.19. The lowest BCUT2D eigenvalue weighted by atomic mass is 9.98. The minimum Gasteiger partial charge on any atom is -0.310 e. The predicted molar refractivity (Wildman–Crippen MR) is 77.9 cm³/mol. The van der Waals surface area contributed by atoms with Crippen molar-refractivity contribution in [1.29, 1.82) is 0 Å². The van der Waals surface area contributed by atoms with Gasteiger partial charge in [-0.15, -0.1) is 0 Å². The second-order valence-electron chi connectivity index (χ2n) is 4.58. The molecule has 2 rings (SSSR count). The molecule has 1 N–H and O–H groups in total. The molecular weight excluding hydrogens is 280 g/mol. The number of halogens is 3. The maximum atomic E-state index is 13.5. The fourth-order valence-corrected chi connectivity index (χ4v) is 2.41. The number of hydrogen-bond donors (Lipinski definition) is 1. The SMILES string of the molecule is CCNC(Cc1cccc(F)c1Cl)c1cccc(F)c1. The fraction of sp³-hybridized carbons (Fsp3) is 0.250. The first-order valence-electron chi connectivity index (χ1n) is 6.53. The van der Waals surface area contributed by atoms with Gasteiger partial charge in [0.2, 0.25) is 0 Å². The van der Waals surface area contributed by atoms with Gasteiger partial charge in [-0.1, -0.05) is 42.8 Å². The van der Waals surface area contributed by atoms with Crippen LogP contribution in [0.5, 0.6) is 0 Å². The van der Waals surface area contributed by atoms with Crippen LogP contribution in [0.4, 0.5) is 8.78 Å². The van der Waals surface area contributed by atoms with E-state index >= 15 is 0 Å². The summed E-state index contributed by atoms with van der Waals surface area (Å²) in [4.78, 5) is 0. The Balaban J connectivity index is 2.28. The molecule has 0 radical (unpaired) electrons. The van der Waals surface area contributed by atoms with Crippen molar-refractivity contribution in [2.75, 3.05) is 6.54 Å². The summed E-state index contributed by atoms with van der Waals surface area (Å²) >= 11 is 5.98. The van der Waals surface area contributed by atoms with Crippen LogP contribution in [-0.2, 0) is 6.42 Å². The van der Waals surface area contributed by atoms with Gasteiger partial charge in [-0.25, -0.2) is 8.78 Å². The van der Waals surface area contributed by atoms with Crippen LogP contribution < -0.4 is 5.32 Å². The Bertz CT molecular complexity index is 586. The molecule has 1 nitrogen and oxygen atoms in total. The van der Waals surface area contributed by atoms with Gasteiger partial charge in [0, 0.05) is 6.04 Å². The van der Waals surface area contributed by atoms with Crippen LogP contribution in [0.3, 0.4) is 0 Å². The van der Waals surface area contributed by atoms with Crippen molar-refractivity contribution in [3.05, 3.63) is 70.2 Å². The molecule has 0 aliphatic carbocycles. The van der Waals surface area contributed by atoms with Gasteiger partial charge < -0.3 is 5.32 Å². The second kappa shape index (κ2) is 6.82. The molecule has 0 bridgehead atoms. The summed E-state index contributed by atoms with van der Waals surface area (Å²) in [5, 5.41) is 3.40. The number of benzene rings is 2. The van der Waals surface area contributed by atoms with E-state index in [2.05, 4.69) is 5.32 Å². The number of nitrogens with one attached hydrogen (secondary N) is 1. The molecule has 0 heterocycles. The van der Waals surface area contributed by atoms with Crippen molar-refractivity contribution in [2.45, 2.75) is 19.4 Å². The largest absolute Gasteiger partial charge is 0.310 e. The number of hydrogen-bond acceptors (Lipinski definition) is 1. The first-order valence-corrected chi connectivity index (χ1v) is 6.91. The summed E-state index contributed by atoms with van der Waals surface area (Å²) in [7, 11) is 0. The zero-order valence-corrected chi connectivity index (χ0v) is 11.9. The summed E-state index contributed by atoms with van der Waals surface area (Å²) in [6.45, 7) is 2.70. The molecule has 0 amide bonds. The highest BCUT2D eigenvalue weighted by Crippen LogP contribution is 2.26. The Hall–Kier alpha value is -1.45. The second-order valence-corrected chi connectivity index (χ2v) is 4.96. The van der Waals surface area contributed by atoms with Gasteiger partial charge in [0.25, 0.3) is 0 Å². The van der Waals surface area contributed by atoms with Gasteiger partial charge in [0.05, 0.1) is 5.02 Å². The zero-order chi connectivity index (χ0) is 14.5. The van der Waals surface area contributed by atoms with E-state index < -0.39 is 5.82 Å². The minimum absolute atomic E-state index is 0.102. The Morgan fingerprint density at radius 2 is 1.90 bits per heavy atom. The molecule has 1 atom stereocenters. The molecular formula is C16H16ClF2N. The van der Waals surface area contributed by atoms with Crippen molar-refractivity contribution in [3.63, 3.8) is 0 Å². The lowest BCUT2D eigenvalue weighted by Crippen LogP contribution is -2.23. The van der Waals surface area contributed by atoms with Gasteiger partial charge >= 0.3 is 0 Å². The van der Waals surface area contributed by atoms with Gasteiger partial charge in [-0.3, -0.25) is 0 Å². The van der Waals surface area contributed by atoms with Crippen LogP contribution in [0.15, 0.2) is 42.5 Å². The Morgan fingerprint density at radius 3 is 2.60 bits per heavy atom. The first kappa shape index (κ1) is 14.9. The average Bonchev–Trinajstić information content (AvgIpc) is 2.43.